The number of rotatable bonds is 6. The molecule has 0 aliphatic carbocycles. The molecular formula is C10H17N3O. The van der Waals surface area contributed by atoms with Gasteiger partial charge in [0.1, 0.15) is 0 Å². The summed E-state index contributed by atoms with van der Waals surface area (Å²) in [7, 11) is 0. The fraction of sp³-hybridized carbons (Fsp3) is 0.600. The Morgan fingerprint density at radius 3 is 2.71 bits per heavy atom. The smallest absolute Gasteiger partial charge is 0.232 e. The third kappa shape index (κ3) is 3.70. The van der Waals surface area contributed by atoms with E-state index in [1.54, 1.807) is 12.4 Å². The Balaban J connectivity index is 2.29. The van der Waals surface area contributed by atoms with Crippen LogP contribution in [0.4, 0.5) is 0 Å². The van der Waals surface area contributed by atoms with E-state index in [4.69, 9.17) is 10.5 Å². The van der Waals surface area contributed by atoms with Crippen molar-refractivity contribution in [3.05, 3.63) is 18.1 Å². The van der Waals surface area contributed by atoms with Crippen LogP contribution in [0.3, 0.4) is 0 Å². The van der Waals surface area contributed by atoms with Crippen LogP contribution in [0.5, 0.6) is 5.88 Å². The molecular weight excluding hydrogens is 178 g/mol. The molecule has 4 heteroatoms. The van der Waals surface area contributed by atoms with Gasteiger partial charge in [-0.25, -0.2) is 4.98 Å². The lowest BCUT2D eigenvalue weighted by Crippen LogP contribution is -2.03. The van der Waals surface area contributed by atoms with Gasteiger partial charge in [-0.3, -0.25) is 4.98 Å². The molecule has 0 amide bonds. The maximum Gasteiger partial charge on any atom is 0.232 e. The van der Waals surface area contributed by atoms with Crippen molar-refractivity contribution in [2.45, 2.75) is 32.7 Å². The second-order valence-corrected chi connectivity index (χ2v) is 3.11. The number of aromatic nitrogens is 2. The number of nitrogens with zero attached hydrogens (tertiary/aromatic N) is 2. The fourth-order valence-electron chi connectivity index (χ4n) is 1.05. The predicted octanol–water partition coefficient (Wildman–Crippen LogP) is 1.50. The van der Waals surface area contributed by atoms with Crippen LogP contribution in [0.2, 0.25) is 0 Å². The molecule has 0 bridgehead atoms. The maximum absolute atomic E-state index is 5.40. The van der Waals surface area contributed by atoms with E-state index >= 15 is 0 Å². The van der Waals surface area contributed by atoms with E-state index < -0.39 is 0 Å². The largest absolute Gasteiger partial charge is 0.477 e. The molecule has 0 unspecified atom stereocenters. The molecule has 0 fully saturated rings. The normalized spacial score (nSPS) is 10.1. The highest BCUT2D eigenvalue weighted by Crippen LogP contribution is 2.04. The van der Waals surface area contributed by atoms with Crippen LogP contribution < -0.4 is 10.5 Å². The molecule has 1 heterocycles. The predicted molar refractivity (Wildman–Crippen MR) is 54.9 cm³/mol. The third-order valence-corrected chi connectivity index (χ3v) is 1.89. The fourth-order valence-corrected chi connectivity index (χ4v) is 1.05. The van der Waals surface area contributed by atoms with Crippen LogP contribution >= 0.6 is 0 Å². The first-order valence-electron chi connectivity index (χ1n) is 5.00. The zero-order valence-corrected chi connectivity index (χ0v) is 8.57. The summed E-state index contributed by atoms with van der Waals surface area (Å²) in [5.74, 6) is 0.582. The minimum Gasteiger partial charge on any atom is -0.477 e. The van der Waals surface area contributed by atoms with Gasteiger partial charge in [0.2, 0.25) is 5.88 Å². The van der Waals surface area contributed by atoms with Gasteiger partial charge in [-0.2, -0.15) is 0 Å². The zero-order valence-electron chi connectivity index (χ0n) is 8.57. The Labute approximate surface area is 84.5 Å². The van der Waals surface area contributed by atoms with Crippen LogP contribution in [0, 0.1) is 0 Å². The summed E-state index contributed by atoms with van der Waals surface area (Å²) in [5, 5.41) is 0. The van der Waals surface area contributed by atoms with Crippen LogP contribution in [-0.4, -0.2) is 16.6 Å². The van der Waals surface area contributed by atoms with E-state index in [9.17, 15) is 0 Å². The molecule has 78 valence electrons. The van der Waals surface area contributed by atoms with Crippen molar-refractivity contribution in [1.29, 1.82) is 0 Å². The Morgan fingerprint density at radius 2 is 2.14 bits per heavy atom. The van der Waals surface area contributed by atoms with Crippen molar-refractivity contribution < 1.29 is 4.74 Å². The van der Waals surface area contributed by atoms with Crippen LogP contribution in [0.15, 0.2) is 12.4 Å². The van der Waals surface area contributed by atoms with Gasteiger partial charge >= 0.3 is 0 Å². The quantitative estimate of drug-likeness (QED) is 0.699. The second-order valence-electron chi connectivity index (χ2n) is 3.11. The van der Waals surface area contributed by atoms with Crippen molar-refractivity contribution in [1.82, 2.24) is 9.97 Å². The molecule has 0 saturated carbocycles. The van der Waals surface area contributed by atoms with Crippen LogP contribution in [0.25, 0.3) is 0 Å². The first kappa shape index (κ1) is 10.9. The highest BCUT2D eigenvalue weighted by atomic mass is 16.5. The van der Waals surface area contributed by atoms with E-state index in [-0.39, 0.29) is 0 Å². The molecule has 1 aromatic rings. The maximum atomic E-state index is 5.40. The molecule has 4 nitrogen and oxygen atoms in total. The highest BCUT2D eigenvalue weighted by molar-refractivity contribution is 5.06. The molecule has 1 aromatic heterocycles. The molecule has 2 N–H and O–H groups in total. The Kier molecular flexibility index (Phi) is 4.93. The molecule has 0 spiro atoms. The molecule has 0 radical (unpaired) electrons. The monoisotopic (exact) mass is 195 g/mol. The molecule has 0 aromatic carbocycles. The minimum absolute atomic E-state index is 0.420. The van der Waals surface area contributed by atoms with Gasteiger partial charge in [-0.1, -0.05) is 19.8 Å². The second kappa shape index (κ2) is 6.32. The molecule has 0 aliphatic heterocycles. The SMILES string of the molecule is CCCCCOc1cnc(CN)cn1. The van der Waals surface area contributed by atoms with Crippen LogP contribution in [-0.2, 0) is 6.54 Å². The molecule has 0 atom stereocenters. The number of nitrogens with two attached hydrogens (primary N) is 1. The van der Waals surface area contributed by atoms with Gasteiger partial charge in [-0.15, -0.1) is 0 Å². The van der Waals surface area contributed by atoms with E-state index in [0.717, 1.165) is 12.1 Å². The first-order valence-corrected chi connectivity index (χ1v) is 5.00. The summed E-state index contributed by atoms with van der Waals surface area (Å²) in [6.45, 7) is 3.30. The van der Waals surface area contributed by atoms with E-state index in [0.29, 0.717) is 19.0 Å². The topological polar surface area (TPSA) is 61.0 Å². The number of ether oxygens (including phenoxy) is 1. The number of hydrogen-bond donors (Lipinski definition) is 1. The third-order valence-electron chi connectivity index (χ3n) is 1.89. The first-order chi connectivity index (χ1) is 6.86. The number of hydrogen-bond acceptors (Lipinski definition) is 4. The summed E-state index contributed by atoms with van der Waals surface area (Å²) in [5.41, 5.74) is 6.18. The Bertz CT molecular complexity index is 248. The summed E-state index contributed by atoms with van der Waals surface area (Å²) in [4.78, 5) is 8.17. The van der Waals surface area contributed by atoms with E-state index in [2.05, 4.69) is 16.9 Å². The van der Waals surface area contributed by atoms with Gasteiger partial charge in [0.15, 0.2) is 0 Å². The van der Waals surface area contributed by atoms with Crippen molar-refractivity contribution >= 4 is 0 Å². The minimum atomic E-state index is 0.420. The van der Waals surface area contributed by atoms with Gasteiger partial charge in [0, 0.05) is 6.54 Å². The summed E-state index contributed by atoms with van der Waals surface area (Å²) in [6, 6.07) is 0. The summed E-state index contributed by atoms with van der Waals surface area (Å²) in [6.07, 6.45) is 6.72. The van der Waals surface area contributed by atoms with Crippen LogP contribution in [0.1, 0.15) is 31.9 Å². The van der Waals surface area contributed by atoms with Crippen molar-refractivity contribution in [3.63, 3.8) is 0 Å². The molecule has 1 rings (SSSR count). The van der Waals surface area contributed by atoms with Gasteiger partial charge in [-0.05, 0) is 6.42 Å². The zero-order chi connectivity index (χ0) is 10.2. The average Bonchev–Trinajstić information content (AvgIpc) is 2.25. The average molecular weight is 195 g/mol. The highest BCUT2D eigenvalue weighted by Gasteiger charge is 1.96. The summed E-state index contributed by atoms with van der Waals surface area (Å²) < 4.78 is 5.39. The van der Waals surface area contributed by atoms with Gasteiger partial charge in [0.05, 0.1) is 24.7 Å². The van der Waals surface area contributed by atoms with E-state index in [1.165, 1.54) is 12.8 Å². The lowest BCUT2D eigenvalue weighted by atomic mass is 10.3. The van der Waals surface area contributed by atoms with Crippen molar-refractivity contribution in [2.24, 2.45) is 5.73 Å². The number of unbranched alkanes of at least 4 members (excludes halogenated alkanes) is 2. The van der Waals surface area contributed by atoms with E-state index in [1.807, 2.05) is 0 Å². The molecule has 0 aliphatic rings. The summed E-state index contributed by atoms with van der Waals surface area (Å²) >= 11 is 0. The van der Waals surface area contributed by atoms with Crippen molar-refractivity contribution in [2.75, 3.05) is 6.61 Å². The standard InChI is InChI=1S/C10H17N3O/c1-2-3-4-5-14-10-8-12-9(6-11)7-13-10/h7-8H,2-6,11H2,1H3. The lowest BCUT2D eigenvalue weighted by molar-refractivity contribution is 0.293. The van der Waals surface area contributed by atoms with Gasteiger partial charge < -0.3 is 10.5 Å². The Hall–Kier alpha value is -1.16. The lowest BCUT2D eigenvalue weighted by Gasteiger charge is -2.04. The van der Waals surface area contributed by atoms with Gasteiger partial charge in [0.25, 0.3) is 0 Å². The molecule has 0 saturated heterocycles. The molecule has 14 heavy (non-hydrogen) atoms. The Morgan fingerprint density at radius 1 is 1.29 bits per heavy atom. The van der Waals surface area contributed by atoms with Crippen molar-refractivity contribution in [3.8, 4) is 5.88 Å².